The molecule has 3 N–H and O–H groups in total. The highest BCUT2D eigenvalue weighted by Crippen LogP contribution is 2.30. The zero-order valence-corrected chi connectivity index (χ0v) is 12.9. The Hall–Kier alpha value is -1.56. The Kier molecular flexibility index (Phi) is 6.04. The Labute approximate surface area is 131 Å². The molecule has 0 unspecified atom stereocenters. The molecule has 2 rings (SSSR count). The molecule has 10 heteroatoms. The molecular formula is C13H21N3O7. The van der Waals surface area contributed by atoms with Gasteiger partial charge >= 0.3 is 5.69 Å². The lowest BCUT2D eigenvalue weighted by Gasteiger charge is -2.21. The third-order valence-corrected chi connectivity index (χ3v) is 3.42. The number of rotatable bonds is 7. The summed E-state index contributed by atoms with van der Waals surface area (Å²) in [4.78, 5) is 37.2. The largest absolute Gasteiger partial charge is 0.394 e. The predicted molar refractivity (Wildman–Crippen MR) is 77.7 cm³/mol. The van der Waals surface area contributed by atoms with Crippen LogP contribution in [0.4, 0.5) is 0 Å². The van der Waals surface area contributed by atoms with E-state index in [0.717, 1.165) is 10.6 Å². The minimum Gasteiger partial charge on any atom is -0.394 e. The summed E-state index contributed by atoms with van der Waals surface area (Å²) in [6, 6.07) is 1.15. The van der Waals surface area contributed by atoms with Crippen LogP contribution in [0.15, 0.2) is 21.9 Å². The van der Waals surface area contributed by atoms with Gasteiger partial charge in [-0.3, -0.25) is 14.3 Å². The van der Waals surface area contributed by atoms with Gasteiger partial charge in [0.25, 0.3) is 5.56 Å². The molecule has 0 amide bonds. The van der Waals surface area contributed by atoms with Gasteiger partial charge in [-0.2, -0.15) is 0 Å². The van der Waals surface area contributed by atoms with E-state index in [-0.39, 0.29) is 6.61 Å². The lowest BCUT2D eigenvalue weighted by Crippen LogP contribution is -2.39. The topological polar surface area (TPSA) is 126 Å². The molecule has 1 aromatic rings. The molecule has 0 spiro atoms. The van der Waals surface area contributed by atoms with Gasteiger partial charge in [-0.05, 0) is 14.1 Å². The van der Waals surface area contributed by atoms with Crippen molar-refractivity contribution in [1.29, 1.82) is 0 Å². The van der Waals surface area contributed by atoms with Crippen LogP contribution in [0.1, 0.15) is 6.23 Å². The van der Waals surface area contributed by atoms with Gasteiger partial charge in [-0.25, -0.2) is 14.6 Å². The van der Waals surface area contributed by atoms with Gasteiger partial charge in [-0.1, -0.05) is 0 Å². The molecule has 1 saturated heterocycles. The molecule has 1 aliphatic rings. The van der Waals surface area contributed by atoms with Crippen LogP contribution >= 0.6 is 0 Å². The summed E-state index contributed by atoms with van der Waals surface area (Å²) in [5.41, 5.74) is -1.27. The van der Waals surface area contributed by atoms with Crippen molar-refractivity contribution < 1.29 is 24.7 Å². The molecule has 0 bridgehead atoms. The first-order valence-corrected chi connectivity index (χ1v) is 7.13. The fourth-order valence-electron chi connectivity index (χ4n) is 2.17. The van der Waals surface area contributed by atoms with E-state index >= 15 is 0 Å². The second kappa shape index (κ2) is 7.81. The quantitative estimate of drug-likeness (QED) is 0.288. The van der Waals surface area contributed by atoms with Gasteiger partial charge in [0.15, 0.2) is 12.3 Å². The van der Waals surface area contributed by atoms with Crippen LogP contribution in [-0.4, -0.2) is 76.8 Å². The van der Waals surface area contributed by atoms with Crippen LogP contribution in [0.3, 0.4) is 0 Å². The Morgan fingerprint density at radius 2 is 2.17 bits per heavy atom. The van der Waals surface area contributed by atoms with Crippen molar-refractivity contribution in [3.63, 3.8) is 0 Å². The number of aromatic amines is 1. The first kappa shape index (κ1) is 17.8. The van der Waals surface area contributed by atoms with Crippen molar-refractivity contribution >= 4 is 0 Å². The third-order valence-electron chi connectivity index (χ3n) is 3.42. The number of likely N-dealkylation sites (N-methyl/N-ethyl adjacent to an activating group) is 1. The van der Waals surface area contributed by atoms with E-state index in [0.29, 0.717) is 6.54 Å². The second-order valence-electron chi connectivity index (χ2n) is 5.44. The summed E-state index contributed by atoms with van der Waals surface area (Å²) in [5, 5.41) is 19.4. The minimum atomic E-state index is -1.19. The summed E-state index contributed by atoms with van der Waals surface area (Å²) in [6.45, 7) is 0.386. The lowest BCUT2D eigenvalue weighted by atomic mass is 10.1. The normalized spacial score (nSPS) is 27.7. The molecule has 0 aliphatic carbocycles. The number of ether oxygens (including phenoxy) is 1. The van der Waals surface area contributed by atoms with Crippen LogP contribution < -0.4 is 11.2 Å². The van der Waals surface area contributed by atoms with Crippen molar-refractivity contribution in [2.45, 2.75) is 24.5 Å². The summed E-state index contributed by atoms with van der Waals surface area (Å²) in [7, 11) is 3.72. The molecule has 0 radical (unpaired) electrons. The summed E-state index contributed by atoms with van der Waals surface area (Å²) >= 11 is 0. The van der Waals surface area contributed by atoms with Crippen molar-refractivity contribution in [2.24, 2.45) is 0 Å². The Morgan fingerprint density at radius 1 is 1.43 bits per heavy atom. The number of aliphatic hydroxyl groups is 2. The maximum atomic E-state index is 11.9. The maximum Gasteiger partial charge on any atom is 0.330 e. The fourth-order valence-corrected chi connectivity index (χ4v) is 2.17. The average molecular weight is 331 g/mol. The third kappa shape index (κ3) is 4.25. The molecule has 0 aromatic carbocycles. The number of nitrogens with one attached hydrogen (secondary N) is 1. The highest BCUT2D eigenvalue weighted by molar-refractivity contribution is 4.93. The molecule has 23 heavy (non-hydrogen) atoms. The molecule has 0 saturated carbocycles. The first-order chi connectivity index (χ1) is 10.9. The van der Waals surface area contributed by atoms with E-state index < -0.39 is 42.4 Å². The highest BCUT2D eigenvalue weighted by atomic mass is 17.2. The summed E-state index contributed by atoms with van der Waals surface area (Å²) in [5.74, 6) is 0. The van der Waals surface area contributed by atoms with Gasteiger partial charge < -0.3 is 19.8 Å². The van der Waals surface area contributed by atoms with Crippen LogP contribution in [0.25, 0.3) is 0 Å². The van der Waals surface area contributed by atoms with Crippen LogP contribution in [0.5, 0.6) is 0 Å². The van der Waals surface area contributed by atoms with E-state index in [2.05, 4.69) is 4.98 Å². The summed E-state index contributed by atoms with van der Waals surface area (Å²) in [6.07, 6.45) is -2.96. The molecule has 1 aliphatic heterocycles. The number of H-pyrrole nitrogens is 1. The Morgan fingerprint density at radius 3 is 2.78 bits per heavy atom. The molecule has 4 atom stereocenters. The molecule has 2 heterocycles. The average Bonchev–Trinajstić information content (AvgIpc) is 2.80. The number of hydrogen-bond acceptors (Lipinski definition) is 8. The van der Waals surface area contributed by atoms with Crippen molar-refractivity contribution in [3.05, 3.63) is 33.1 Å². The van der Waals surface area contributed by atoms with Gasteiger partial charge in [0, 0.05) is 18.8 Å². The first-order valence-electron chi connectivity index (χ1n) is 7.13. The fraction of sp³-hybridized carbons (Fsp3) is 0.692. The van der Waals surface area contributed by atoms with Gasteiger partial charge in [0.2, 0.25) is 0 Å². The van der Waals surface area contributed by atoms with Gasteiger partial charge in [0.05, 0.1) is 13.2 Å². The highest BCUT2D eigenvalue weighted by Gasteiger charge is 2.46. The zero-order valence-electron chi connectivity index (χ0n) is 12.9. The Bertz CT molecular complexity index is 614. The second-order valence-corrected chi connectivity index (χ2v) is 5.44. The van der Waals surface area contributed by atoms with Gasteiger partial charge in [0.1, 0.15) is 12.2 Å². The van der Waals surface area contributed by atoms with E-state index in [1.165, 1.54) is 6.20 Å². The monoisotopic (exact) mass is 331 g/mol. The molecular weight excluding hydrogens is 310 g/mol. The van der Waals surface area contributed by atoms with Crippen LogP contribution in [-0.2, 0) is 14.5 Å². The number of nitrogens with zero attached hydrogens (tertiary/aromatic N) is 2. The smallest absolute Gasteiger partial charge is 0.330 e. The van der Waals surface area contributed by atoms with E-state index in [4.69, 9.17) is 14.5 Å². The van der Waals surface area contributed by atoms with Crippen LogP contribution in [0.2, 0.25) is 0 Å². The Balaban J connectivity index is 2.14. The number of aliphatic hydroxyl groups excluding tert-OH is 2. The molecule has 130 valence electrons. The van der Waals surface area contributed by atoms with Crippen molar-refractivity contribution in [1.82, 2.24) is 14.5 Å². The SMILES string of the molecule is CN(C)CCOO[C@@H]1[C@H](O)[C@@H](CO)O[C@H]1n1ccc(=O)[nH]c1=O. The van der Waals surface area contributed by atoms with Gasteiger partial charge in [-0.15, -0.1) is 0 Å². The number of hydrogen-bond donors (Lipinski definition) is 3. The zero-order chi connectivity index (χ0) is 17.0. The summed E-state index contributed by atoms with van der Waals surface area (Å²) < 4.78 is 6.52. The lowest BCUT2D eigenvalue weighted by molar-refractivity contribution is -0.345. The predicted octanol–water partition coefficient (Wildman–Crippen LogP) is -2.33. The van der Waals surface area contributed by atoms with E-state index in [1.54, 1.807) is 0 Å². The van der Waals surface area contributed by atoms with E-state index in [1.807, 2.05) is 19.0 Å². The van der Waals surface area contributed by atoms with Crippen molar-refractivity contribution in [2.75, 3.05) is 33.9 Å². The molecule has 1 fully saturated rings. The molecule has 10 nitrogen and oxygen atoms in total. The maximum absolute atomic E-state index is 11.9. The molecule has 1 aromatic heterocycles. The van der Waals surface area contributed by atoms with E-state index in [9.17, 15) is 19.8 Å². The standard InChI is InChI=1S/C13H21N3O7/c1-15(2)5-6-21-23-11-10(19)8(7-17)22-12(11)16-4-3-9(18)14-13(16)20/h3-4,8,10-12,17,19H,5-7H2,1-2H3,(H,14,18,20)/t8-,10-,11-,12-/m1/s1. The number of aromatic nitrogens is 2. The minimum absolute atomic E-state index is 0.243. The van der Waals surface area contributed by atoms with Crippen LogP contribution in [0, 0.1) is 0 Å². The van der Waals surface area contributed by atoms with Crippen molar-refractivity contribution in [3.8, 4) is 0 Å².